The number of amides is 1. The number of aromatic hydroxyl groups is 1. The molecule has 2 aromatic rings. The molecule has 0 spiro atoms. The molecule has 6 heteroatoms. The van der Waals surface area contributed by atoms with E-state index in [1.54, 1.807) is 12.3 Å². The molecule has 0 saturated carbocycles. The fourth-order valence-corrected chi connectivity index (χ4v) is 2.14. The molecule has 21 heavy (non-hydrogen) atoms. The summed E-state index contributed by atoms with van der Waals surface area (Å²) in [6.07, 6.45) is 3.87. The van der Waals surface area contributed by atoms with E-state index in [4.69, 9.17) is 0 Å². The van der Waals surface area contributed by atoms with Gasteiger partial charge in [-0.15, -0.1) is 0 Å². The molecule has 2 N–H and O–H groups in total. The first-order valence-electron chi connectivity index (χ1n) is 7.03. The largest absolute Gasteiger partial charge is 0.505 e. The third-order valence-corrected chi connectivity index (χ3v) is 3.07. The molecule has 0 aliphatic rings. The summed E-state index contributed by atoms with van der Waals surface area (Å²) in [7, 11) is 0. The highest BCUT2D eigenvalue weighted by molar-refractivity contribution is 6.04. The molecule has 1 amide bonds. The van der Waals surface area contributed by atoms with Crippen LogP contribution in [0.1, 0.15) is 37.0 Å². The van der Waals surface area contributed by atoms with Crippen molar-refractivity contribution in [1.82, 2.24) is 14.8 Å². The minimum atomic E-state index is -0.438. The zero-order valence-corrected chi connectivity index (χ0v) is 12.5. The van der Waals surface area contributed by atoms with Gasteiger partial charge in [-0.3, -0.25) is 9.48 Å². The van der Waals surface area contributed by atoms with E-state index in [0.717, 1.165) is 18.7 Å². The van der Waals surface area contributed by atoms with Crippen LogP contribution in [0, 0.1) is 5.92 Å². The highest BCUT2D eigenvalue weighted by Crippen LogP contribution is 2.20. The number of rotatable bonds is 5. The molecule has 0 fully saturated rings. The van der Waals surface area contributed by atoms with Crippen molar-refractivity contribution in [3.63, 3.8) is 0 Å². The number of nitrogens with zero attached hydrogens (tertiary/aromatic N) is 3. The first-order chi connectivity index (χ1) is 10.0. The van der Waals surface area contributed by atoms with Gasteiger partial charge in [0.2, 0.25) is 0 Å². The third-order valence-electron chi connectivity index (χ3n) is 3.07. The molecule has 0 bridgehead atoms. The van der Waals surface area contributed by atoms with Crippen LogP contribution in [-0.4, -0.2) is 25.8 Å². The summed E-state index contributed by atoms with van der Waals surface area (Å²) in [4.78, 5) is 16.1. The first kappa shape index (κ1) is 15.0. The smallest absolute Gasteiger partial charge is 0.278 e. The number of hydrogen-bond acceptors (Lipinski definition) is 4. The zero-order chi connectivity index (χ0) is 15.4. The maximum Gasteiger partial charge on any atom is 0.278 e. The van der Waals surface area contributed by atoms with Gasteiger partial charge in [0.1, 0.15) is 5.75 Å². The van der Waals surface area contributed by atoms with E-state index in [1.807, 2.05) is 11.6 Å². The molecule has 0 aliphatic carbocycles. The lowest BCUT2D eigenvalue weighted by Gasteiger charge is -2.10. The van der Waals surface area contributed by atoms with Crippen LogP contribution in [0.3, 0.4) is 0 Å². The van der Waals surface area contributed by atoms with Gasteiger partial charge >= 0.3 is 0 Å². The van der Waals surface area contributed by atoms with Gasteiger partial charge in [0.15, 0.2) is 5.69 Å². The molecule has 6 nitrogen and oxygen atoms in total. The molecule has 0 unspecified atom stereocenters. The van der Waals surface area contributed by atoms with Crippen molar-refractivity contribution in [3.05, 3.63) is 35.9 Å². The second kappa shape index (κ2) is 6.39. The van der Waals surface area contributed by atoms with E-state index >= 15 is 0 Å². The molecule has 0 aromatic carbocycles. The molecular formula is C15H20N4O2. The number of aromatic nitrogens is 3. The van der Waals surface area contributed by atoms with Gasteiger partial charge in [0.25, 0.3) is 5.91 Å². The number of hydrogen-bond donors (Lipinski definition) is 2. The summed E-state index contributed by atoms with van der Waals surface area (Å²) < 4.78 is 1.90. The maximum atomic E-state index is 12.2. The summed E-state index contributed by atoms with van der Waals surface area (Å²) in [5.41, 5.74) is 1.64. The van der Waals surface area contributed by atoms with Gasteiger partial charge in [-0.05, 0) is 24.5 Å². The number of carbonyl (C=O) groups is 1. The lowest BCUT2D eigenvalue weighted by atomic mass is 10.2. The Bertz CT molecular complexity index is 634. The monoisotopic (exact) mass is 288 g/mol. The standard InChI is InChI=1S/C15H20N4O2/c1-4-12-11(8-17-19(12)9-10(2)3)18-15(21)14-13(20)6-5-7-16-14/h5-8,10,20H,4,9H2,1-3H3,(H,18,21). The first-order valence-corrected chi connectivity index (χ1v) is 7.03. The Hall–Kier alpha value is -2.37. The fourth-order valence-electron chi connectivity index (χ4n) is 2.14. The quantitative estimate of drug-likeness (QED) is 0.885. The van der Waals surface area contributed by atoms with E-state index in [2.05, 4.69) is 29.2 Å². The van der Waals surface area contributed by atoms with E-state index in [0.29, 0.717) is 11.6 Å². The highest BCUT2D eigenvalue weighted by atomic mass is 16.3. The Labute approximate surface area is 123 Å². The van der Waals surface area contributed by atoms with Crippen LogP contribution in [-0.2, 0) is 13.0 Å². The topological polar surface area (TPSA) is 80.0 Å². The van der Waals surface area contributed by atoms with Crippen LogP contribution >= 0.6 is 0 Å². The van der Waals surface area contributed by atoms with Crippen LogP contribution in [0.15, 0.2) is 24.5 Å². The molecule has 0 aliphatic heterocycles. The van der Waals surface area contributed by atoms with Gasteiger partial charge < -0.3 is 10.4 Å². The average Bonchev–Trinajstić information content (AvgIpc) is 2.80. The molecule has 0 saturated heterocycles. The van der Waals surface area contributed by atoms with Crippen molar-refractivity contribution in [1.29, 1.82) is 0 Å². The van der Waals surface area contributed by atoms with Gasteiger partial charge in [-0.25, -0.2) is 4.98 Å². The second-order valence-corrected chi connectivity index (χ2v) is 5.26. The van der Waals surface area contributed by atoms with Gasteiger partial charge in [0, 0.05) is 12.7 Å². The van der Waals surface area contributed by atoms with Crippen molar-refractivity contribution in [3.8, 4) is 5.75 Å². The minimum Gasteiger partial charge on any atom is -0.505 e. The summed E-state index contributed by atoms with van der Waals surface area (Å²) in [5, 5.41) is 16.7. The maximum absolute atomic E-state index is 12.2. The summed E-state index contributed by atoms with van der Waals surface area (Å²) in [6, 6.07) is 3.01. The van der Waals surface area contributed by atoms with Crippen LogP contribution < -0.4 is 5.32 Å². The minimum absolute atomic E-state index is 0.0103. The summed E-state index contributed by atoms with van der Waals surface area (Å²) >= 11 is 0. The van der Waals surface area contributed by atoms with Crippen LogP contribution in [0.2, 0.25) is 0 Å². The number of carbonyl (C=O) groups excluding carboxylic acids is 1. The van der Waals surface area contributed by atoms with Crippen molar-refractivity contribution in [2.75, 3.05) is 5.32 Å². The Balaban J connectivity index is 2.22. The Morgan fingerprint density at radius 3 is 2.86 bits per heavy atom. The summed E-state index contributed by atoms with van der Waals surface area (Å²) in [6.45, 7) is 7.05. The lowest BCUT2D eigenvalue weighted by Crippen LogP contribution is -2.15. The Kier molecular flexibility index (Phi) is 4.57. The van der Waals surface area contributed by atoms with Crippen LogP contribution in [0.25, 0.3) is 0 Å². The lowest BCUT2D eigenvalue weighted by molar-refractivity contribution is 0.101. The van der Waals surface area contributed by atoms with Crippen molar-refractivity contribution in [2.45, 2.75) is 33.7 Å². The predicted octanol–water partition coefficient (Wildman–Crippen LogP) is 2.45. The number of anilines is 1. The van der Waals surface area contributed by atoms with E-state index in [1.165, 1.54) is 12.3 Å². The van der Waals surface area contributed by atoms with Crippen molar-refractivity contribution in [2.24, 2.45) is 5.92 Å². The molecule has 2 aromatic heterocycles. The molecule has 2 heterocycles. The highest BCUT2D eigenvalue weighted by Gasteiger charge is 2.16. The molecule has 0 radical (unpaired) electrons. The van der Waals surface area contributed by atoms with E-state index in [-0.39, 0.29) is 11.4 Å². The van der Waals surface area contributed by atoms with Gasteiger partial charge in [0.05, 0.1) is 17.6 Å². The third kappa shape index (κ3) is 3.39. The van der Waals surface area contributed by atoms with E-state index < -0.39 is 5.91 Å². The molecular weight excluding hydrogens is 268 g/mol. The fraction of sp³-hybridized carbons (Fsp3) is 0.400. The average molecular weight is 288 g/mol. The second-order valence-electron chi connectivity index (χ2n) is 5.26. The van der Waals surface area contributed by atoms with Crippen LogP contribution in [0.4, 0.5) is 5.69 Å². The molecule has 112 valence electrons. The van der Waals surface area contributed by atoms with Crippen LogP contribution in [0.5, 0.6) is 5.75 Å². The summed E-state index contributed by atoms with van der Waals surface area (Å²) in [5.74, 6) is -0.104. The number of pyridine rings is 1. The predicted molar refractivity (Wildman–Crippen MR) is 80.3 cm³/mol. The van der Waals surface area contributed by atoms with Gasteiger partial charge in [-0.1, -0.05) is 20.8 Å². The van der Waals surface area contributed by atoms with Crippen molar-refractivity contribution < 1.29 is 9.90 Å². The normalized spacial score (nSPS) is 10.9. The van der Waals surface area contributed by atoms with Crippen molar-refractivity contribution >= 4 is 11.6 Å². The zero-order valence-electron chi connectivity index (χ0n) is 12.5. The molecule has 0 atom stereocenters. The molecule has 2 rings (SSSR count). The Morgan fingerprint density at radius 2 is 2.24 bits per heavy atom. The van der Waals surface area contributed by atoms with E-state index in [9.17, 15) is 9.90 Å². The Morgan fingerprint density at radius 1 is 1.48 bits per heavy atom. The SMILES string of the molecule is CCc1c(NC(=O)c2ncccc2O)cnn1CC(C)C. The number of nitrogens with one attached hydrogen (secondary N) is 1. The van der Waals surface area contributed by atoms with Gasteiger partial charge in [-0.2, -0.15) is 5.10 Å².